The molecule has 10 nitrogen and oxygen atoms in total. The SMILES string of the molecule is O=C(Nc1nc2ccc([N+](=O)[O-])cc2s1)C(=O)[C@H](C(=O)c1ccccc1F)[C@H]1OC(=O)c2ccccc21. The van der Waals surface area contributed by atoms with Crippen LogP contribution in [0.25, 0.3) is 10.2 Å². The topological polar surface area (TPSA) is 146 Å². The van der Waals surface area contributed by atoms with E-state index in [1.807, 2.05) is 0 Å². The molecule has 1 aliphatic rings. The summed E-state index contributed by atoms with van der Waals surface area (Å²) in [5.41, 5.74) is 0.0650. The summed E-state index contributed by atoms with van der Waals surface area (Å²) in [5.74, 6) is -7.12. The molecule has 0 radical (unpaired) electrons. The van der Waals surface area contributed by atoms with Crippen LogP contribution in [0.2, 0.25) is 0 Å². The first-order valence-electron chi connectivity index (χ1n) is 10.7. The van der Waals surface area contributed by atoms with Crippen molar-refractivity contribution in [3.05, 3.63) is 99.4 Å². The van der Waals surface area contributed by atoms with Gasteiger partial charge in [-0.25, -0.2) is 14.2 Å². The lowest BCUT2D eigenvalue weighted by atomic mass is 9.84. The molecule has 0 aliphatic carbocycles. The van der Waals surface area contributed by atoms with E-state index in [2.05, 4.69) is 10.3 Å². The summed E-state index contributed by atoms with van der Waals surface area (Å²) < 4.78 is 20.2. The number of rotatable bonds is 7. The second kappa shape index (κ2) is 9.32. The number of nitrogens with zero attached hydrogens (tertiary/aromatic N) is 2. The van der Waals surface area contributed by atoms with Crippen molar-refractivity contribution >= 4 is 55.8 Å². The zero-order valence-electron chi connectivity index (χ0n) is 18.5. The Bertz CT molecular complexity index is 1630. The van der Waals surface area contributed by atoms with E-state index in [0.29, 0.717) is 10.2 Å². The number of benzene rings is 3. The number of esters is 1. The van der Waals surface area contributed by atoms with Crippen molar-refractivity contribution in [1.29, 1.82) is 0 Å². The first-order valence-corrected chi connectivity index (χ1v) is 11.5. The van der Waals surface area contributed by atoms with Gasteiger partial charge in [0.2, 0.25) is 5.78 Å². The fourth-order valence-corrected chi connectivity index (χ4v) is 4.92. The maximum absolute atomic E-state index is 14.5. The minimum Gasteiger partial charge on any atom is -0.453 e. The quantitative estimate of drug-likeness (QED) is 0.0952. The first-order chi connectivity index (χ1) is 17.7. The molecular formula is C25H14FN3O7S. The monoisotopic (exact) mass is 519 g/mol. The van der Waals surface area contributed by atoms with Crippen molar-refractivity contribution in [2.75, 3.05) is 5.32 Å². The van der Waals surface area contributed by atoms with Crippen LogP contribution >= 0.6 is 11.3 Å². The third kappa shape index (κ3) is 4.34. The Kier molecular flexibility index (Phi) is 6.01. The summed E-state index contributed by atoms with van der Waals surface area (Å²) in [4.78, 5) is 66.7. The van der Waals surface area contributed by atoms with Crippen LogP contribution in [-0.4, -0.2) is 33.4 Å². The van der Waals surface area contributed by atoms with Crippen molar-refractivity contribution in [1.82, 2.24) is 4.98 Å². The molecule has 1 aliphatic heterocycles. The molecular weight excluding hydrogens is 505 g/mol. The van der Waals surface area contributed by atoms with Crippen LogP contribution in [0, 0.1) is 21.8 Å². The zero-order chi connectivity index (χ0) is 26.3. The molecule has 0 saturated carbocycles. The number of anilines is 1. The van der Waals surface area contributed by atoms with Gasteiger partial charge in [0.15, 0.2) is 10.9 Å². The number of ether oxygens (including phenoxy) is 1. The smallest absolute Gasteiger partial charge is 0.339 e. The van der Waals surface area contributed by atoms with Gasteiger partial charge in [0.1, 0.15) is 17.8 Å². The number of Topliss-reactive ketones (excluding diaryl/α,β-unsaturated/α-hetero) is 2. The van der Waals surface area contributed by atoms with Crippen LogP contribution in [0.4, 0.5) is 15.2 Å². The third-order valence-corrected chi connectivity index (χ3v) is 6.69. The highest BCUT2D eigenvalue weighted by atomic mass is 32.1. The van der Waals surface area contributed by atoms with Crippen LogP contribution in [-0.2, 0) is 14.3 Å². The van der Waals surface area contributed by atoms with Crippen LogP contribution in [0.1, 0.15) is 32.4 Å². The number of hydrogen-bond donors (Lipinski definition) is 1. The number of cyclic esters (lactones) is 1. The zero-order valence-corrected chi connectivity index (χ0v) is 19.4. The molecule has 184 valence electrons. The molecule has 2 heterocycles. The standard InChI is InChI=1S/C25H14FN3O7S/c26-16-8-4-3-7-15(16)20(30)19(22-13-5-1-2-6-14(13)24(33)36-22)21(31)23(32)28-25-27-17-10-9-12(29(34)35)11-18(17)37-25/h1-11,19,22H,(H,27,28,32)/t19-,22-/m0/s1. The molecule has 0 fully saturated rings. The van der Waals surface area contributed by atoms with Gasteiger partial charge in [-0.2, -0.15) is 0 Å². The number of halogens is 1. The lowest BCUT2D eigenvalue weighted by Gasteiger charge is -2.21. The van der Waals surface area contributed by atoms with Gasteiger partial charge in [-0.1, -0.05) is 41.7 Å². The average molecular weight is 519 g/mol. The van der Waals surface area contributed by atoms with Crippen LogP contribution < -0.4 is 5.32 Å². The Morgan fingerprint density at radius 3 is 2.57 bits per heavy atom. The Labute approximate surface area is 210 Å². The first kappa shape index (κ1) is 23.9. The van der Waals surface area contributed by atoms with Crippen molar-refractivity contribution in [2.24, 2.45) is 5.92 Å². The van der Waals surface area contributed by atoms with Gasteiger partial charge in [-0.15, -0.1) is 0 Å². The Morgan fingerprint density at radius 2 is 1.81 bits per heavy atom. The molecule has 4 aromatic rings. The molecule has 0 bridgehead atoms. The molecule has 1 aromatic heterocycles. The van der Waals surface area contributed by atoms with Crippen LogP contribution in [0.15, 0.2) is 66.7 Å². The molecule has 0 saturated heterocycles. The Balaban J connectivity index is 1.49. The molecule has 2 atom stereocenters. The van der Waals surface area contributed by atoms with Gasteiger partial charge in [-0.3, -0.25) is 29.8 Å². The minimum atomic E-state index is -1.88. The number of carbonyl (C=O) groups is 4. The van der Waals surface area contributed by atoms with Gasteiger partial charge in [0, 0.05) is 17.7 Å². The average Bonchev–Trinajstić information content (AvgIpc) is 3.44. The number of nitro groups is 1. The van der Waals surface area contributed by atoms with Crippen LogP contribution in [0.5, 0.6) is 0 Å². The molecule has 1 amide bonds. The van der Waals surface area contributed by atoms with Gasteiger partial charge < -0.3 is 4.74 Å². The highest BCUT2D eigenvalue weighted by Gasteiger charge is 2.46. The maximum atomic E-state index is 14.5. The van der Waals surface area contributed by atoms with Crippen molar-refractivity contribution in [2.45, 2.75) is 6.10 Å². The lowest BCUT2D eigenvalue weighted by molar-refractivity contribution is -0.384. The minimum absolute atomic E-state index is 0.0465. The Hall–Kier alpha value is -4.84. The summed E-state index contributed by atoms with van der Waals surface area (Å²) in [7, 11) is 0. The van der Waals surface area contributed by atoms with E-state index in [9.17, 15) is 33.7 Å². The van der Waals surface area contributed by atoms with Gasteiger partial charge in [0.05, 0.1) is 26.3 Å². The molecule has 5 rings (SSSR count). The normalized spacial score (nSPS) is 15.1. The number of non-ortho nitro benzene ring substituents is 1. The van der Waals surface area contributed by atoms with Crippen molar-refractivity contribution in [3.63, 3.8) is 0 Å². The molecule has 3 aromatic carbocycles. The van der Waals surface area contributed by atoms with E-state index in [0.717, 1.165) is 17.4 Å². The summed E-state index contributed by atoms with van der Waals surface area (Å²) in [6.45, 7) is 0. The Morgan fingerprint density at radius 1 is 1.08 bits per heavy atom. The molecule has 0 spiro atoms. The van der Waals surface area contributed by atoms with Crippen molar-refractivity contribution < 1.29 is 33.2 Å². The van der Waals surface area contributed by atoms with E-state index in [4.69, 9.17) is 4.74 Å². The number of aromatic nitrogens is 1. The van der Waals surface area contributed by atoms with E-state index in [-0.39, 0.29) is 21.9 Å². The molecule has 1 N–H and O–H groups in total. The van der Waals surface area contributed by atoms with E-state index < -0.39 is 51.8 Å². The number of hydrogen-bond acceptors (Lipinski definition) is 9. The van der Waals surface area contributed by atoms with Gasteiger partial charge in [0.25, 0.3) is 11.6 Å². The number of amides is 1. The fraction of sp³-hybridized carbons (Fsp3) is 0.0800. The number of nitro benzene ring substituents is 1. The van der Waals surface area contributed by atoms with E-state index >= 15 is 0 Å². The number of nitrogens with one attached hydrogen (secondary N) is 1. The number of fused-ring (bicyclic) bond motifs is 2. The van der Waals surface area contributed by atoms with Crippen LogP contribution in [0.3, 0.4) is 0 Å². The molecule has 0 unspecified atom stereocenters. The van der Waals surface area contributed by atoms with E-state index in [1.165, 1.54) is 48.5 Å². The maximum Gasteiger partial charge on any atom is 0.339 e. The largest absolute Gasteiger partial charge is 0.453 e. The summed E-state index contributed by atoms with van der Waals surface area (Å²) in [6, 6.07) is 14.9. The second-order valence-corrected chi connectivity index (χ2v) is 9.01. The predicted molar refractivity (Wildman–Crippen MR) is 129 cm³/mol. The summed E-state index contributed by atoms with van der Waals surface area (Å²) in [5, 5.41) is 13.3. The number of thiazole rings is 1. The third-order valence-electron chi connectivity index (χ3n) is 5.76. The highest BCUT2D eigenvalue weighted by molar-refractivity contribution is 7.22. The van der Waals surface area contributed by atoms with Gasteiger partial charge in [-0.05, 0) is 24.3 Å². The van der Waals surface area contributed by atoms with Gasteiger partial charge >= 0.3 is 5.97 Å². The summed E-state index contributed by atoms with van der Waals surface area (Å²) >= 11 is 0.885. The number of carbonyl (C=O) groups excluding carboxylic acids is 4. The predicted octanol–water partition coefficient (Wildman–Crippen LogP) is 4.26. The molecule has 12 heteroatoms. The van der Waals surface area contributed by atoms with Crippen molar-refractivity contribution in [3.8, 4) is 0 Å². The highest BCUT2D eigenvalue weighted by Crippen LogP contribution is 2.38. The molecule has 37 heavy (non-hydrogen) atoms. The van der Waals surface area contributed by atoms with E-state index in [1.54, 1.807) is 12.1 Å². The number of ketones is 2. The summed E-state index contributed by atoms with van der Waals surface area (Å²) in [6.07, 6.45) is -1.45. The lowest BCUT2D eigenvalue weighted by Crippen LogP contribution is -2.38. The second-order valence-electron chi connectivity index (χ2n) is 7.98. The fourth-order valence-electron chi connectivity index (χ4n) is 4.02.